The van der Waals surface area contributed by atoms with Gasteiger partial charge in [0.05, 0.1) is 10.7 Å². The summed E-state index contributed by atoms with van der Waals surface area (Å²) in [6, 6.07) is 13.0. The Labute approximate surface area is 166 Å². The van der Waals surface area contributed by atoms with Crippen LogP contribution in [0.25, 0.3) is 22.9 Å². The number of nitro groups is 1. The number of nitrogens with zero attached hydrogens (tertiary/aromatic N) is 5. The van der Waals surface area contributed by atoms with Crippen LogP contribution < -0.4 is 0 Å². The van der Waals surface area contributed by atoms with E-state index in [-0.39, 0.29) is 11.6 Å². The number of non-ortho nitro benzene ring substituents is 1. The van der Waals surface area contributed by atoms with E-state index in [0.717, 1.165) is 5.56 Å². The van der Waals surface area contributed by atoms with Gasteiger partial charge in [-0.15, -0.1) is 20.4 Å². The maximum Gasteiger partial charge on any atom is 0.277 e. The van der Waals surface area contributed by atoms with Gasteiger partial charge in [0.2, 0.25) is 17.7 Å². The van der Waals surface area contributed by atoms with Gasteiger partial charge in [0.25, 0.3) is 10.9 Å². The van der Waals surface area contributed by atoms with Crippen molar-refractivity contribution in [3.63, 3.8) is 0 Å². The molecule has 4 rings (SSSR count). The van der Waals surface area contributed by atoms with Crippen molar-refractivity contribution in [3.8, 4) is 22.9 Å². The zero-order valence-corrected chi connectivity index (χ0v) is 15.6. The average molecular weight is 416 g/mol. The molecule has 0 atom stereocenters. The molecular formula is C17H10ClN5O4S. The third kappa shape index (κ3) is 4.02. The second-order valence-corrected chi connectivity index (χ2v) is 6.84. The summed E-state index contributed by atoms with van der Waals surface area (Å²) in [5.41, 5.74) is 1.18. The molecule has 0 spiro atoms. The molecule has 0 radical (unpaired) electrons. The van der Waals surface area contributed by atoms with Crippen LogP contribution in [0.4, 0.5) is 5.69 Å². The molecule has 0 bridgehead atoms. The fraction of sp³-hybridized carbons (Fsp3) is 0.0588. The highest BCUT2D eigenvalue weighted by molar-refractivity contribution is 7.98. The monoisotopic (exact) mass is 415 g/mol. The molecule has 0 fully saturated rings. The lowest BCUT2D eigenvalue weighted by Gasteiger charge is -1.95. The van der Waals surface area contributed by atoms with E-state index in [0.29, 0.717) is 33.3 Å². The molecule has 0 aliphatic rings. The van der Waals surface area contributed by atoms with Gasteiger partial charge in [-0.25, -0.2) is 0 Å². The molecule has 11 heteroatoms. The molecule has 0 aliphatic carbocycles. The van der Waals surface area contributed by atoms with Gasteiger partial charge in [-0.2, -0.15) is 0 Å². The maximum atomic E-state index is 10.9. The van der Waals surface area contributed by atoms with E-state index in [1.807, 2.05) is 0 Å². The molecule has 0 unspecified atom stereocenters. The van der Waals surface area contributed by atoms with Crippen molar-refractivity contribution in [2.75, 3.05) is 0 Å². The highest BCUT2D eigenvalue weighted by Gasteiger charge is 2.15. The van der Waals surface area contributed by atoms with Crippen molar-refractivity contribution in [1.82, 2.24) is 20.4 Å². The zero-order chi connectivity index (χ0) is 19.5. The van der Waals surface area contributed by atoms with E-state index in [2.05, 4.69) is 20.4 Å². The normalized spacial score (nSPS) is 10.9. The van der Waals surface area contributed by atoms with Gasteiger partial charge in [-0.3, -0.25) is 10.1 Å². The Kier molecular flexibility index (Phi) is 5.04. The third-order valence-electron chi connectivity index (χ3n) is 3.59. The molecule has 140 valence electrons. The van der Waals surface area contributed by atoms with Crippen LogP contribution in [-0.4, -0.2) is 25.3 Å². The van der Waals surface area contributed by atoms with E-state index >= 15 is 0 Å². The van der Waals surface area contributed by atoms with Gasteiger partial charge in [0.1, 0.15) is 0 Å². The summed E-state index contributed by atoms with van der Waals surface area (Å²) in [7, 11) is 0. The number of hydrogen-bond acceptors (Lipinski definition) is 9. The number of hydrogen-bond donors (Lipinski definition) is 0. The molecular weight excluding hydrogens is 406 g/mol. The minimum atomic E-state index is -0.482. The Morgan fingerprint density at radius 2 is 1.71 bits per heavy atom. The van der Waals surface area contributed by atoms with Gasteiger partial charge in [0.15, 0.2) is 0 Å². The Balaban J connectivity index is 1.43. The molecule has 0 amide bonds. The van der Waals surface area contributed by atoms with Crippen LogP contribution >= 0.6 is 23.4 Å². The summed E-state index contributed by atoms with van der Waals surface area (Å²) in [4.78, 5) is 10.4. The molecule has 0 saturated heterocycles. The van der Waals surface area contributed by atoms with Crippen molar-refractivity contribution in [2.24, 2.45) is 0 Å². The summed E-state index contributed by atoms with van der Waals surface area (Å²) < 4.78 is 11.2. The number of nitro benzene ring substituents is 1. The zero-order valence-electron chi connectivity index (χ0n) is 14.0. The van der Waals surface area contributed by atoms with Crippen LogP contribution in [0.5, 0.6) is 0 Å². The van der Waals surface area contributed by atoms with Crippen LogP contribution in [0, 0.1) is 10.1 Å². The highest BCUT2D eigenvalue weighted by Crippen LogP contribution is 2.28. The van der Waals surface area contributed by atoms with E-state index < -0.39 is 4.92 Å². The van der Waals surface area contributed by atoms with Crippen LogP contribution in [0.2, 0.25) is 5.02 Å². The van der Waals surface area contributed by atoms with E-state index in [1.54, 1.807) is 36.4 Å². The predicted octanol–water partition coefficient (Wildman–Crippen LogP) is 4.64. The van der Waals surface area contributed by atoms with Crippen LogP contribution in [0.1, 0.15) is 5.89 Å². The lowest BCUT2D eigenvalue weighted by Crippen LogP contribution is -1.88. The van der Waals surface area contributed by atoms with Gasteiger partial charge in [0, 0.05) is 28.3 Å². The Morgan fingerprint density at radius 1 is 0.964 bits per heavy atom. The number of thioether (sulfide) groups is 1. The molecule has 2 aromatic heterocycles. The molecule has 2 heterocycles. The third-order valence-corrected chi connectivity index (χ3v) is 4.64. The van der Waals surface area contributed by atoms with Crippen molar-refractivity contribution in [3.05, 3.63) is 69.6 Å². The summed E-state index contributed by atoms with van der Waals surface area (Å²) in [5.74, 6) is 1.22. The average Bonchev–Trinajstić information content (AvgIpc) is 3.37. The van der Waals surface area contributed by atoms with E-state index in [9.17, 15) is 10.1 Å². The molecule has 0 aliphatic heterocycles. The number of benzene rings is 2. The quantitative estimate of drug-likeness (QED) is 0.251. The summed E-state index contributed by atoms with van der Waals surface area (Å²) in [6.07, 6.45) is 0. The molecule has 28 heavy (non-hydrogen) atoms. The Morgan fingerprint density at radius 3 is 2.50 bits per heavy atom. The van der Waals surface area contributed by atoms with Crippen LogP contribution in [0.15, 0.2) is 62.6 Å². The van der Waals surface area contributed by atoms with Crippen molar-refractivity contribution < 1.29 is 13.8 Å². The molecule has 2 aromatic carbocycles. The Bertz CT molecular complexity index is 1130. The fourth-order valence-electron chi connectivity index (χ4n) is 2.28. The van der Waals surface area contributed by atoms with Crippen LogP contribution in [0.3, 0.4) is 0 Å². The first-order valence-corrected chi connectivity index (χ1v) is 9.24. The summed E-state index contributed by atoms with van der Waals surface area (Å²) in [5, 5.41) is 27.7. The number of halogens is 1. The SMILES string of the molecule is O=[N+]([O-])c1cccc(-c2nnc(CSc3nnc(-c4ccc(Cl)cc4)o3)o2)c1. The minimum absolute atomic E-state index is 0.0489. The maximum absolute atomic E-state index is 10.9. The highest BCUT2D eigenvalue weighted by atomic mass is 35.5. The van der Waals surface area contributed by atoms with Gasteiger partial charge in [-0.05, 0) is 30.3 Å². The largest absolute Gasteiger partial charge is 0.420 e. The second-order valence-electron chi connectivity index (χ2n) is 5.48. The van der Waals surface area contributed by atoms with Gasteiger partial charge < -0.3 is 8.83 Å². The topological polar surface area (TPSA) is 121 Å². The van der Waals surface area contributed by atoms with Gasteiger partial charge in [-0.1, -0.05) is 29.4 Å². The smallest absolute Gasteiger partial charge is 0.277 e. The minimum Gasteiger partial charge on any atom is -0.420 e. The van der Waals surface area contributed by atoms with Crippen LogP contribution in [-0.2, 0) is 5.75 Å². The summed E-state index contributed by atoms with van der Waals surface area (Å²) >= 11 is 7.10. The first-order chi connectivity index (χ1) is 13.6. The lowest BCUT2D eigenvalue weighted by atomic mass is 10.2. The predicted molar refractivity (Wildman–Crippen MR) is 101 cm³/mol. The second kappa shape index (κ2) is 7.79. The molecule has 9 nitrogen and oxygen atoms in total. The summed E-state index contributed by atoms with van der Waals surface area (Å²) in [6.45, 7) is 0. The van der Waals surface area contributed by atoms with Crippen molar-refractivity contribution >= 4 is 29.1 Å². The first-order valence-electron chi connectivity index (χ1n) is 7.88. The van der Waals surface area contributed by atoms with E-state index in [4.69, 9.17) is 20.4 Å². The molecule has 4 aromatic rings. The molecule has 0 N–H and O–H groups in total. The molecule has 0 saturated carbocycles. The number of aromatic nitrogens is 4. The Hall–Kier alpha value is -3.24. The lowest BCUT2D eigenvalue weighted by molar-refractivity contribution is -0.384. The van der Waals surface area contributed by atoms with Crippen molar-refractivity contribution in [1.29, 1.82) is 0 Å². The fourth-order valence-corrected chi connectivity index (χ4v) is 3.01. The van der Waals surface area contributed by atoms with Gasteiger partial charge >= 0.3 is 0 Å². The number of rotatable bonds is 6. The van der Waals surface area contributed by atoms with E-state index in [1.165, 1.54) is 23.9 Å². The standard InChI is InChI=1S/C17H10ClN5O4S/c18-12-6-4-10(5-7-12)15-21-22-17(27-15)28-9-14-19-20-16(26-14)11-2-1-3-13(8-11)23(24)25/h1-8H,9H2. The van der Waals surface area contributed by atoms with Crippen molar-refractivity contribution in [2.45, 2.75) is 11.0 Å². The first kappa shape index (κ1) is 18.1.